The van der Waals surface area contributed by atoms with E-state index in [-0.39, 0.29) is 5.91 Å². The van der Waals surface area contributed by atoms with Crippen molar-refractivity contribution in [2.24, 2.45) is 21.1 Å². The van der Waals surface area contributed by atoms with Crippen LogP contribution >= 0.6 is 0 Å². The van der Waals surface area contributed by atoms with Crippen LogP contribution < -0.4 is 10.6 Å². The maximum Gasteiger partial charge on any atom is 0.354 e. The van der Waals surface area contributed by atoms with E-state index in [0.29, 0.717) is 28.5 Å². The largest absolute Gasteiger partial charge is 0.464 e. The lowest BCUT2D eigenvalue weighted by Gasteiger charge is -2.13. The van der Waals surface area contributed by atoms with Crippen LogP contribution in [0.4, 0.5) is 11.4 Å². The van der Waals surface area contributed by atoms with Crippen LogP contribution in [0.1, 0.15) is 32.9 Å². The molecular formula is C19H23N5O4. The topological polar surface area (TPSA) is 102 Å². The lowest BCUT2D eigenvalue weighted by molar-refractivity contribution is 0.0589. The molecule has 0 aromatic carbocycles. The van der Waals surface area contributed by atoms with Gasteiger partial charge < -0.3 is 34.2 Å². The van der Waals surface area contributed by atoms with E-state index in [1.165, 1.54) is 7.11 Å². The first-order chi connectivity index (χ1) is 13.3. The number of ether oxygens (including phenoxy) is 1. The summed E-state index contributed by atoms with van der Waals surface area (Å²) in [5, 5.41) is 16.3. The van der Waals surface area contributed by atoms with Gasteiger partial charge in [0.15, 0.2) is 6.23 Å². The van der Waals surface area contributed by atoms with Crippen molar-refractivity contribution >= 4 is 23.3 Å². The molecule has 0 bridgehead atoms. The first kappa shape index (κ1) is 19.3. The number of carbonyl (C=O) groups is 2. The number of hydrogen-bond donors (Lipinski definition) is 3. The van der Waals surface area contributed by atoms with Gasteiger partial charge >= 0.3 is 5.97 Å². The predicted molar refractivity (Wildman–Crippen MR) is 104 cm³/mol. The second kappa shape index (κ2) is 7.65. The van der Waals surface area contributed by atoms with Crippen LogP contribution in [-0.4, -0.2) is 37.8 Å². The van der Waals surface area contributed by atoms with Gasteiger partial charge in [0.25, 0.3) is 5.91 Å². The van der Waals surface area contributed by atoms with E-state index in [1.54, 1.807) is 77.7 Å². The van der Waals surface area contributed by atoms with Gasteiger partial charge in [-0.15, -0.1) is 0 Å². The number of carbonyl (C=O) groups excluding carboxylic acids is 2. The molecule has 3 N–H and O–H groups in total. The van der Waals surface area contributed by atoms with Crippen LogP contribution in [0.15, 0.2) is 42.9 Å². The monoisotopic (exact) mass is 385 g/mol. The molecule has 9 heteroatoms. The van der Waals surface area contributed by atoms with Gasteiger partial charge in [0.2, 0.25) is 0 Å². The maximum absolute atomic E-state index is 12.3. The van der Waals surface area contributed by atoms with Crippen LogP contribution in [0.5, 0.6) is 0 Å². The fraction of sp³-hybridized carbons (Fsp3) is 0.263. The number of esters is 1. The van der Waals surface area contributed by atoms with Crippen molar-refractivity contribution in [2.45, 2.75) is 6.23 Å². The molecule has 9 nitrogen and oxygen atoms in total. The standard InChI is InChI=1S/C19H23N5O4/c1-22-7-5-6-14(22)17(25)20-12-8-15(23(2)10-12)18(26)21-13-9-16(19(27)28-4)24(3)11-13/h5-11,18,21,26H,1-4H3,(H,20,25). The number of aryl methyl sites for hydroxylation is 3. The van der Waals surface area contributed by atoms with E-state index in [2.05, 4.69) is 10.6 Å². The summed E-state index contributed by atoms with van der Waals surface area (Å²) in [5.74, 6) is -0.701. The Labute approximate surface area is 162 Å². The Morgan fingerprint density at radius 1 is 1.04 bits per heavy atom. The highest BCUT2D eigenvalue weighted by atomic mass is 16.5. The molecule has 1 atom stereocenters. The highest BCUT2D eigenvalue weighted by molar-refractivity contribution is 6.03. The minimum atomic E-state index is -1.04. The Balaban J connectivity index is 1.73. The molecule has 1 unspecified atom stereocenters. The molecule has 0 spiro atoms. The maximum atomic E-state index is 12.3. The van der Waals surface area contributed by atoms with Gasteiger partial charge in [-0.05, 0) is 24.3 Å². The van der Waals surface area contributed by atoms with E-state index in [4.69, 9.17) is 4.74 Å². The summed E-state index contributed by atoms with van der Waals surface area (Å²) in [7, 11) is 6.58. The van der Waals surface area contributed by atoms with Crippen molar-refractivity contribution in [3.63, 3.8) is 0 Å². The zero-order valence-electron chi connectivity index (χ0n) is 16.1. The predicted octanol–water partition coefficient (Wildman–Crippen LogP) is 1.84. The van der Waals surface area contributed by atoms with Crippen molar-refractivity contribution in [3.8, 4) is 0 Å². The molecule has 0 radical (unpaired) electrons. The number of rotatable bonds is 6. The van der Waals surface area contributed by atoms with Crippen molar-refractivity contribution in [1.82, 2.24) is 13.7 Å². The Morgan fingerprint density at radius 2 is 1.75 bits per heavy atom. The number of aliphatic hydroxyl groups excluding tert-OH is 1. The second-order valence-corrected chi connectivity index (χ2v) is 6.49. The number of hydrogen-bond acceptors (Lipinski definition) is 5. The number of amides is 1. The van der Waals surface area contributed by atoms with Crippen LogP contribution in [0, 0.1) is 0 Å². The Morgan fingerprint density at radius 3 is 2.39 bits per heavy atom. The number of nitrogens with one attached hydrogen (secondary N) is 2. The van der Waals surface area contributed by atoms with Crippen LogP contribution in [0.3, 0.4) is 0 Å². The Hall–Kier alpha value is -3.46. The molecule has 0 aliphatic heterocycles. The summed E-state index contributed by atoms with van der Waals surface area (Å²) in [4.78, 5) is 24.0. The van der Waals surface area contributed by atoms with E-state index >= 15 is 0 Å². The minimum Gasteiger partial charge on any atom is -0.464 e. The molecule has 3 heterocycles. The number of aliphatic hydroxyl groups is 1. The molecule has 28 heavy (non-hydrogen) atoms. The number of anilines is 2. The fourth-order valence-electron chi connectivity index (χ4n) is 3.00. The van der Waals surface area contributed by atoms with Gasteiger partial charge in [0.05, 0.1) is 24.2 Å². The van der Waals surface area contributed by atoms with Crippen molar-refractivity contribution in [2.75, 3.05) is 17.7 Å². The summed E-state index contributed by atoms with van der Waals surface area (Å²) in [5.41, 5.74) is 2.56. The summed E-state index contributed by atoms with van der Waals surface area (Å²) in [6.07, 6.45) is 4.14. The molecule has 0 fully saturated rings. The van der Waals surface area contributed by atoms with Gasteiger partial charge in [-0.3, -0.25) is 4.79 Å². The number of nitrogens with zero attached hydrogens (tertiary/aromatic N) is 3. The fourth-order valence-corrected chi connectivity index (χ4v) is 3.00. The van der Waals surface area contributed by atoms with Crippen LogP contribution in [-0.2, 0) is 25.9 Å². The summed E-state index contributed by atoms with van der Waals surface area (Å²) < 4.78 is 9.77. The molecule has 3 rings (SSSR count). The van der Waals surface area contributed by atoms with E-state index in [9.17, 15) is 14.7 Å². The molecule has 3 aromatic heterocycles. The minimum absolute atomic E-state index is 0.238. The SMILES string of the molecule is COC(=O)c1cc(NC(O)c2cc(NC(=O)c3cccn3C)cn2C)cn1C. The molecule has 0 aliphatic carbocycles. The summed E-state index contributed by atoms with van der Waals surface area (Å²) in [6.45, 7) is 0. The van der Waals surface area contributed by atoms with Crippen molar-refractivity contribution in [1.29, 1.82) is 0 Å². The molecule has 0 aliphatic rings. The average molecular weight is 385 g/mol. The lowest BCUT2D eigenvalue weighted by Crippen LogP contribution is -2.15. The lowest BCUT2D eigenvalue weighted by atomic mass is 10.3. The van der Waals surface area contributed by atoms with E-state index in [0.717, 1.165) is 0 Å². The number of aromatic nitrogens is 3. The molecule has 0 saturated heterocycles. The zero-order chi connectivity index (χ0) is 20.4. The normalized spacial score (nSPS) is 11.9. The Bertz CT molecular complexity index is 1010. The first-order valence-corrected chi connectivity index (χ1v) is 8.58. The van der Waals surface area contributed by atoms with Gasteiger partial charge in [-0.2, -0.15) is 0 Å². The van der Waals surface area contributed by atoms with Crippen LogP contribution in [0.25, 0.3) is 0 Å². The quantitative estimate of drug-likeness (QED) is 0.444. The zero-order valence-corrected chi connectivity index (χ0v) is 16.1. The van der Waals surface area contributed by atoms with E-state index < -0.39 is 12.2 Å². The molecule has 148 valence electrons. The second-order valence-electron chi connectivity index (χ2n) is 6.49. The van der Waals surface area contributed by atoms with Crippen molar-refractivity contribution < 1.29 is 19.4 Å². The third-order valence-corrected chi connectivity index (χ3v) is 4.46. The van der Waals surface area contributed by atoms with Gasteiger partial charge in [0, 0.05) is 39.7 Å². The molecular weight excluding hydrogens is 362 g/mol. The van der Waals surface area contributed by atoms with Gasteiger partial charge in [-0.1, -0.05) is 0 Å². The van der Waals surface area contributed by atoms with Crippen LogP contribution in [0.2, 0.25) is 0 Å². The average Bonchev–Trinajstić information content (AvgIpc) is 3.33. The summed E-state index contributed by atoms with van der Waals surface area (Å²) in [6, 6.07) is 6.80. The molecule has 0 saturated carbocycles. The third kappa shape index (κ3) is 3.79. The highest BCUT2D eigenvalue weighted by Crippen LogP contribution is 2.23. The molecule has 1 amide bonds. The van der Waals surface area contributed by atoms with Crippen molar-refractivity contribution in [3.05, 3.63) is 59.9 Å². The van der Waals surface area contributed by atoms with E-state index in [1.807, 2.05) is 0 Å². The smallest absolute Gasteiger partial charge is 0.354 e. The third-order valence-electron chi connectivity index (χ3n) is 4.46. The number of methoxy groups -OCH3 is 1. The Kier molecular flexibility index (Phi) is 5.27. The summed E-state index contributed by atoms with van der Waals surface area (Å²) >= 11 is 0. The molecule has 3 aromatic rings. The van der Waals surface area contributed by atoms with Gasteiger partial charge in [0.1, 0.15) is 11.4 Å². The highest BCUT2D eigenvalue weighted by Gasteiger charge is 2.18. The first-order valence-electron chi connectivity index (χ1n) is 8.58. The van der Waals surface area contributed by atoms with Gasteiger partial charge in [-0.25, -0.2) is 4.79 Å².